The zero-order chi connectivity index (χ0) is 15.6. The van der Waals surface area contributed by atoms with Crippen molar-refractivity contribution in [3.63, 3.8) is 0 Å². The van der Waals surface area contributed by atoms with E-state index in [1.165, 1.54) is 12.1 Å². The van der Waals surface area contributed by atoms with E-state index in [4.69, 9.17) is 0 Å². The molecule has 0 atom stereocenters. The molecule has 0 bridgehead atoms. The highest BCUT2D eigenvalue weighted by Crippen LogP contribution is 2.33. The molecule has 0 aliphatic carbocycles. The molecule has 0 heterocycles. The van der Waals surface area contributed by atoms with Gasteiger partial charge in [0, 0.05) is 16.7 Å². The van der Waals surface area contributed by atoms with E-state index >= 15 is 0 Å². The van der Waals surface area contributed by atoms with Gasteiger partial charge in [-0.25, -0.2) is 4.39 Å². The number of rotatable bonds is 3. The van der Waals surface area contributed by atoms with Crippen LogP contribution in [0.15, 0.2) is 45.3 Å². The predicted molar refractivity (Wildman–Crippen MR) is 80.6 cm³/mol. The normalized spacial score (nSPS) is 11.5. The Morgan fingerprint density at radius 2 is 1.71 bits per heavy atom. The molecule has 7 heteroatoms. The van der Waals surface area contributed by atoms with Crippen molar-refractivity contribution in [1.29, 1.82) is 0 Å². The van der Waals surface area contributed by atoms with Crippen LogP contribution in [0.3, 0.4) is 0 Å². The molecule has 0 saturated carbocycles. The molecule has 1 N–H and O–H groups in total. The summed E-state index contributed by atoms with van der Waals surface area (Å²) < 4.78 is 52.1. The van der Waals surface area contributed by atoms with Gasteiger partial charge in [0.2, 0.25) is 0 Å². The molecule has 2 aromatic rings. The summed E-state index contributed by atoms with van der Waals surface area (Å²) in [5, 5.41) is 2.85. The Morgan fingerprint density at radius 1 is 1.00 bits per heavy atom. The zero-order valence-corrected chi connectivity index (χ0v) is 13.6. The molecule has 112 valence electrons. The van der Waals surface area contributed by atoms with Gasteiger partial charge in [0.1, 0.15) is 5.82 Å². The topological polar surface area (TPSA) is 12.0 Å². The third-order valence-corrected chi connectivity index (χ3v) is 3.81. The molecule has 2 aromatic carbocycles. The van der Waals surface area contributed by atoms with Crippen molar-refractivity contribution in [2.45, 2.75) is 12.7 Å². The predicted octanol–water partition coefficient (Wildman–Crippen LogP) is 5.98. The maximum Gasteiger partial charge on any atom is 0.416 e. The first kappa shape index (κ1) is 16.3. The van der Waals surface area contributed by atoms with E-state index in [0.717, 1.165) is 12.1 Å². The quantitative estimate of drug-likeness (QED) is 0.595. The van der Waals surface area contributed by atoms with Crippen LogP contribution >= 0.6 is 31.9 Å². The standard InChI is InChI=1S/C14H9Br2F4N/c15-10-4-9(14(18,19)20)5-11(6-10)21-7-8-1-2-12(16)13(17)3-8/h1-6,21H,7H2. The van der Waals surface area contributed by atoms with Crippen LogP contribution in [0.4, 0.5) is 23.2 Å². The largest absolute Gasteiger partial charge is 0.416 e. The number of halogens is 6. The molecule has 0 fully saturated rings. The summed E-state index contributed by atoms with van der Waals surface area (Å²) in [6.45, 7) is 0.220. The van der Waals surface area contributed by atoms with Gasteiger partial charge in [-0.15, -0.1) is 0 Å². The number of nitrogens with one attached hydrogen (secondary N) is 1. The van der Waals surface area contributed by atoms with Crippen molar-refractivity contribution in [3.8, 4) is 0 Å². The molecule has 0 aromatic heterocycles. The lowest BCUT2D eigenvalue weighted by atomic mass is 10.1. The van der Waals surface area contributed by atoms with Gasteiger partial charge < -0.3 is 5.32 Å². The minimum atomic E-state index is -4.41. The Bertz CT molecular complexity index is 656. The van der Waals surface area contributed by atoms with Crippen molar-refractivity contribution in [2.24, 2.45) is 0 Å². The van der Waals surface area contributed by atoms with Gasteiger partial charge in [-0.05, 0) is 51.8 Å². The van der Waals surface area contributed by atoms with E-state index in [9.17, 15) is 17.6 Å². The Balaban J connectivity index is 2.16. The Hall–Kier alpha value is -1.08. The first-order valence-corrected chi connectivity index (χ1v) is 7.40. The third-order valence-electron chi connectivity index (χ3n) is 2.71. The Labute approximate surface area is 135 Å². The number of alkyl halides is 3. The van der Waals surface area contributed by atoms with Crippen molar-refractivity contribution >= 4 is 37.5 Å². The molecular formula is C14H9Br2F4N. The van der Waals surface area contributed by atoms with E-state index in [1.54, 1.807) is 12.1 Å². The lowest BCUT2D eigenvalue weighted by Gasteiger charge is -2.12. The SMILES string of the molecule is Fc1cc(CNc2cc(Br)cc(C(F)(F)F)c2)ccc1Br. The Morgan fingerprint density at radius 3 is 2.33 bits per heavy atom. The smallest absolute Gasteiger partial charge is 0.381 e. The average molecular weight is 427 g/mol. The van der Waals surface area contributed by atoms with Gasteiger partial charge in [-0.3, -0.25) is 0 Å². The van der Waals surface area contributed by atoms with Gasteiger partial charge in [0.25, 0.3) is 0 Å². The molecule has 0 aliphatic rings. The monoisotopic (exact) mass is 425 g/mol. The van der Waals surface area contributed by atoms with Gasteiger partial charge in [-0.1, -0.05) is 22.0 Å². The summed E-state index contributed by atoms with van der Waals surface area (Å²) >= 11 is 6.09. The van der Waals surface area contributed by atoms with E-state index in [2.05, 4.69) is 37.2 Å². The fourth-order valence-corrected chi connectivity index (χ4v) is 2.45. The molecule has 0 saturated heterocycles. The molecule has 0 spiro atoms. The minimum absolute atomic E-state index is 0.220. The van der Waals surface area contributed by atoms with Crippen LogP contribution in [0.2, 0.25) is 0 Å². The maximum absolute atomic E-state index is 13.4. The number of hydrogen-bond donors (Lipinski definition) is 1. The average Bonchev–Trinajstić information content (AvgIpc) is 2.38. The summed E-state index contributed by atoms with van der Waals surface area (Å²) in [5.74, 6) is -0.417. The summed E-state index contributed by atoms with van der Waals surface area (Å²) in [7, 11) is 0. The van der Waals surface area contributed by atoms with Gasteiger partial charge in [0.05, 0.1) is 10.0 Å². The molecule has 0 radical (unpaired) electrons. The van der Waals surface area contributed by atoms with Crippen LogP contribution in [0.25, 0.3) is 0 Å². The van der Waals surface area contributed by atoms with Crippen LogP contribution in [0, 0.1) is 5.82 Å². The number of benzene rings is 2. The summed E-state index contributed by atoms with van der Waals surface area (Å²) in [5.41, 5.74) is 0.186. The van der Waals surface area contributed by atoms with Gasteiger partial charge in [-0.2, -0.15) is 13.2 Å². The van der Waals surface area contributed by atoms with Gasteiger partial charge in [0.15, 0.2) is 0 Å². The first-order chi connectivity index (χ1) is 9.75. The molecule has 0 unspecified atom stereocenters. The Kier molecular flexibility index (Phi) is 4.93. The van der Waals surface area contributed by atoms with Crippen LogP contribution in [0.5, 0.6) is 0 Å². The maximum atomic E-state index is 13.4. The highest BCUT2D eigenvalue weighted by atomic mass is 79.9. The second kappa shape index (κ2) is 6.36. The fraction of sp³-hybridized carbons (Fsp3) is 0.143. The highest BCUT2D eigenvalue weighted by Gasteiger charge is 2.31. The molecule has 21 heavy (non-hydrogen) atoms. The molecule has 2 rings (SSSR count). The summed E-state index contributed by atoms with van der Waals surface area (Å²) in [4.78, 5) is 0. The van der Waals surface area contributed by atoms with E-state index in [0.29, 0.717) is 20.2 Å². The highest BCUT2D eigenvalue weighted by molar-refractivity contribution is 9.10. The molecule has 1 nitrogen and oxygen atoms in total. The van der Waals surface area contributed by atoms with E-state index in [1.807, 2.05) is 0 Å². The fourth-order valence-electron chi connectivity index (χ4n) is 1.71. The number of anilines is 1. The van der Waals surface area contributed by atoms with Crippen molar-refractivity contribution < 1.29 is 17.6 Å². The second-order valence-corrected chi connectivity index (χ2v) is 6.10. The second-order valence-electron chi connectivity index (χ2n) is 4.33. The van der Waals surface area contributed by atoms with E-state index < -0.39 is 17.6 Å². The molecular weight excluding hydrogens is 418 g/mol. The number of hydrogen-bond acceptors (Lipinski definition) is 1. The van der Waals surface area contributed by atoms with E-state index in [-0.39, 0.29) is 6.54 Å². The van der Waals surface area contributed by atoms with Gasteiger partial charge >= 0.3 is 6.18 Å². The third kappa shape index (κ3) is 4.44. The van der Waals surface area contributed by atoms with Crippen LogP contribution in [0.1, 0.15) is 11.1 Å². The summed E-state index contributed by atoms with van der Waals surface area (Å²) in [6.07, 6.45) is -4.41. The lowest BCUT2D eigenvalue weighted by Crippen LogP contribution is -2.07. The summed E-state index contributed by atoms with van der Waals surface area (Å²) in [6, 6.07) is 8.10. The molecule has 0 aliphatic heterocycles. The van der Waals surface area contributed by atoms with Crippen LogP contribution in [-0.2, 0) is 12.7 Å². The van der Waals surface area contributed by atoms with Crippen molar-refractivity contribution in [2.75, 3.05) is 5.32 Å². The minimum Gasteiger partial charge on any atom is -0.381 e. The lowest BCUT2D eigenvalue weighted by molar-refractivity contribution is -0.137. The molecule has 0 amide bonds. The van der Waals surface area contributed by atoms with Crippen molar-refractivity contribution in [1.82, 2.24) is 0 Å². The van der Waals surface area contributed by atoms with Crippen LogP contribution < -0.4 is 5.32 Å². The first-order valence-electron chi connectivity index (χ1n) is 5.81. The zero-order valence-electron chi connectivity index (χ0n) is 10.4. The van der Waals surface area contributed by atoms with Crippen LogP contribution in [-0.4, -0.2) is 0 Å². The van der Waals surface area contributed by atoms with Crippen molar-refractivity contribution in [3.05, 3.63) is 62.3 Å².